The molecular weight excluding hydrogens is 744 g/mol. The molecule has 0 saturated carbocycles. The summed E-state index contributed by atoms with van der Waals surface area (Å²) in [6.45, 7) is 11.7. The maximum Gasteiger partial charge on any atom is 0.429 e. The van der Waals surface area contributed by atoms with Crippen molar-refractivity contribution in [1.29, 1.82) is 0 Å². The average molecular weight is 787 g/mol. The number of hydrogen-bond acceptors (Lipinski definition) is 11. The van der Waals surface area contributed by atoms with Crippen LogP contribution in [0.3, 0.4) is 0 Å². The van der Waals surface area contributed by atoms with Crippen molar-refractivity contribution in [3.05, 3.63) is 96.2 Å². The molecule has 288 valence electrons. The van der Waals surface area contributed by atoms with Crippen LogP contribution < -0.4 is 9.04 Å². The van der Waals surface area contributed by atoms with Crippen LogP contribution in [0.2, 0.25) is 5.02 Å². The Morgan fingerprint density at radius 3 is 2.27 bits per heavy atom. The van der Waals surface area contributed by atoms with E-state index in [1.807, 2.05) is 20.8 Å². The lowest BCUT2D eigenvalue weighted by Crippen LogP contribution is -2.43. The zero-order chi connectivity index (χ0) is 39.5. The number of carbonyl (C=O) groups is 2. The summed E-state index contributed by atoms with van der Waals surface area (Å²) < 4.78 is 46.7. The average Bonchev–Trinajstić information content (AvgIpc) is 3.11. The number of fused-ring (bicyclic) bond motifs is 1. The van der Waals surface area contributed by atoms with E-state index in [4.69, 9.17) is 30.8 Å². The molecule has 3 aromatic carbocycles. The highest BCUT2D eigenvalue weighted by Gasteiger charge is 2.37. The lowest BCUT2D eigenvalue weighted by molar-refractivity contribution is 0.0165. The van der Waals surface area contributed by atoms with Crippen LogP contribution in [-0.4, -0.2) is 69.7 Å². The summed E-state index contributed by atoms with van der Waals surface area (Å²) in [5.41, 5.74) is -0.717. The van der Waals surface area contributed by atoms with Gasteiger partial charge in [0.05, 0.1) is 16.4 Å². The van der Waals surface area contributed by atoms with Crippen LogP contribution in [0.15, 0.2) is 90.2 Å². The third kappa shape index (κ3) is 9.31. The van der Waals surface area contributed by atoms with Crippen LogP contribution in [0.1, 0.15) is 60.2 Å². The molecule has 0 bridgehead atoms. The third-order valence-electron chi connectivity index (χ3n) is 8.46. The fourth-order valence-electron chi connectivity index (χ4n) is 6.19. The molecule has 0 spiro atoms. The first kappa shape index (κ1) is 39.4. The van der Waals surface area contributed by atoms with Gasteiger partial charge in [0.15, 0.2) is 5.69 Å². The van der Waals surface area contributed by atoms with Crippen molar-refractivity contribution >= 4 is 50.3 Å². The van der Waals surface area contributed by atoms with Crippen LogP contribution in [0.25, 0.3) is 22.2 Å². The number of rotatable bonds is 8. The van der Waals surface area contributed by atoms with E-state index >= 15 is 0 Å². The second kappa shape index (κ2) is 15.8. The van der Waals surface area contributed by atoms with Crippen molar-refractivity contribution in [2.24, 2.45) is 5.92 Å². The number of halogens is 1. The second-order valence-electron chi connectivity index (χ2n) is 15.1. The minimum atomic E-state index is -4.57. The van der Waals surface area contributed by atoms with Gasteiger partial charge < -0.3 is 19.1 Å². The molecule has 0 unspecified atom stereocenters. The maximum atomic E-state index is 14.2. The highest BCUT2D eigenvalue weighted by atomic mass is 35.5. The minimum Gasteiger partial charge on any atom is -0.444 e. The molecular formula is C40H43ClN6O7S. The highest BCUT2D eigenvalue weighted by molar-refractivity contribution is 7.93. The third-order valence-corrected chi connectivity index (χ3v) is 10.6. The summed E-state index contributed by atoms with van der Waals surface area (Å²) in [4.78, 5) is 46.4. The molecule has 1 saturated heterocycles. The SMILES string of the molecule is CC(C)(C)OC(=O)N1CCC[C@H](Cc2nccc(-c3nccnc3Oc3ccc(N(C(=O)OC(C)(C)C)S(=O)(=O)c4ccccc4Cl)c4ccccc34)n2)C1. The minimum absolute atomic E-state index is 0.0323. The lowest BCUT2D eigenvalue weighted by Gasteiger charge is -2.34. The molecule has 3 heterocycles. The topological polar surface area (TPSA) is 154 Å². The Morgan fingerprint density at radius 1 is 0.855 bits per heavy atom. The van der Waals surface area contributed by atoms with Gasteiger partial charge in [-0.3, -0.25) is 0 Å². The van der Waals surface area contributed by atoms with E-state index in [-0.39, 0.29) is 33.5 Å². The van der Waals surface area contributed by atoms with Gasteiger partial charge in [0, 0.05) is 48.9 Å². The van der Waals surface area contributed by atoms with Gasteiger partial charge in [-0.2, -0.15) is 4.31 Å². The van der Waals surface area contributed by atoms with E-state index in [2.05, 4.69) is 15.0 Å². The summed E-state index contributed by atoms with van der Waals surface area (Å²) in [6, 6.07) is 17.5. The Balaban J connectivity index is 1.32. The van der Waals surface area contributed by atoms with Gasteiger partial charge >= 0.3 is 12.2 Å². The summed E-state index contributed by atoms with van der Waals surface area (Å²) in [5, 5.41) is 0.809. The van der Waals surface area contributed by atoms with Crippen molar-refractivity contribution in [3.63, 3.8) is 0 Å². The zero-order valence-electron chi connectivity index (χ0n) is 31.5. The molecule has 0 aliphatic carbocycles. The molecule has 13 nitrogen and oxygen atoms in total. The van der Waals surface area contributed by atoms with Crippen LogP contribution in [0, 0.1) is 5.92 Å². The monoisotopic (exact) mass is 786 g/mol. The van der Waals surface area contributed by atoms with E-state index in [1.165, 1.54) is 36.7 Å². The molecule has 1 aliphatic rings. The normalized spacial score (nSPS) is 15.0. The fraction of sp³-hybridized carbons (Fsp3) is 0.350. The van der Waals surface area contributed by atoms with E-state index in [9.17, 15) is 18.0 Å². The number of hydrogen-bond donors (Lipinski definition) is 0. The summed E-state index contributed by atoms with van der Waals surface area (Å²) in [5.74, 6) is 1.19. The van der Waals surface area contributed by atoms with Crippen LogP contribution in [0.4, 0.5) is 15.3 Å². The van der Waals surface area contributed by atoms with Crippen LogP contribution >= 0.6 is 11.6 Å². The zero-order valence-corrected chi connectivity index (χ0v) is 33.1. The Labute approximate surface area is 325 Å². The fourth-order valence-corrected chi connectivity index (χ4v) is 8.04. The Kier molecular flexibility index (Phi) is 11.3. The van der Waals surface area contributed by atoms with Gasteiger partial charge in [0.1, 0.15) is 27.7 Å². The first-order chi connectivity index (χ1) is 26.0. The number of ether oxygens (including phenoxy) is 3. The molecule has 5 aromatic rings. The number of benzene rings is 3. The summed E-state index contributed by atoms with van der Waals surface area (Å²) >= 11 is 6.35. The number of sulfonamides is 1. The number of carbonyl (C=O) groups excluding carboxylic acids is 2. The maximum absolute atomic E-state index is 14.2. The second-order valence-corrected chi connectivity index (χ2v) is 17.3. The number of nitrogens with zero attached hydrogens (tertiary/aromatic N) is 6. The van der Waals surface area contributed by atoms with Gasteiger partial charge in [-0.05, 0) is 90.6 Å². The van der Waals surface area contributed by atoms with Crippen molar-refractivity contribution in [2.75, 3.05) is 17.4 Å². The largest absolute Gasteiger partial charge is 0.444 e. The van der Waals surface area contributed by atoms with Crippen LogP contribution in [0.5, 0.6) is 11.6 Å². The van der Waals surface area contributed by atoms with Gasteiger partial charge in [0.25, 0.3) is 10.0 Å². The van der Waals surface area contributed by atoms with Crippen molar-refractivity contribution < 1.29 is 32.2 Å². The molecule has 6 rings (SSSR count). The Morgan fingerprint density at radius 2 is 1.55 bits per heavy atom. The standard InChI is InChI=1S/C40H43ClN6O7S/c1-39(2,3)53-37(48)46-23-11-12-26(25-46)24-34-42-20-19-30(45-34)35-36(44-22-21-43-35)52-32-18-17-31(27-13-7-8-14-28(27)32)47(38(49)54-40(4,5)6)55(50,51)33-16-10-9-15-29(33)41/h7-10,13-22,26H,11-12,23-25H2,1-6H3/t26-/m1/s1. The van der Waals surface area contributed by atoms with E-state index in [0.717, 1.165) is 12.8 Å². The van der Waals surface area contributed by atoms with E-state index < -0.39 is 27.3 Å². The molecule has 1 aliphatic heterocycles. The number of anilines is 1. The molecule has 0 N–H and O–H groups in total. The molecule has 2 amide bonds. The molecule has 0 radical (unpaired) electrons. The quantitative estimate of drug-likeness (QED) is 0.148. The van der Waals surface area contributed by atoms with Gasteiger partial charge in [-0.25, -0.2) is 37.9 Å². The van der Waals surface area contributed by atoms with Crippen molar-refractivity contribution in [2.45, 2.75) is 76.9 Å². The molecule has 1 atom stereocenters. The molecule has 15 heteroatoms. The van der Waals surface area contributed by atoms with Crippen molar-refractivity contribution in [1.82, 2.24) is 24.8 Å². The Hall–Kier alpha value is -5.34. The van der Waals surface area contributed by atoms with Gasteiger partial charge in [-0.1, -0.05) is 48.0 Å². The molecule has 2 aromatic heterocycles. The van der Waals surface area contributed by atoms with Crippen LogP contribution in [-0.2, 0) is 25.9 Å². The predicted octanol–water partition coefficient (Wildman–Crippen LogP) is 8.85. The van der Waals surface area contributed by atoms with E-state index in [1.54, 1.807) is 74.3 Å². The first-order valence-corrected chi connectivity index (χ1v) is 19.7. The molecule has 55 heavy (non-hydrogen) atoms. The number of amides is 2. The summed E-state index contributed by atoms with van der Waals surface area (Å²) in [6.07, 6.45) is 5.55. The number of likely N-dealkylation sites (tertiary alicyclic amines) is 1. The predicted molar refractivity (Wildman–Crippen MR) is 209 cm³/mol. The number of aromatic nitrogens is 4. The van der Waals surface area contributed by atoms with Gasteiger partial charge in [0.2, 0.25) is 5.88 Å². The number of piperidine rings is 1. The van der Waals surface area contributed by atoms with E-state index in [0.29, 0.717) is 57.5 Å². The lowest BCUT2D eigenvalue weighted by atomic mass is 9.94. The Bertz CT molecular complexity index is 2330. The highest BCUT2D eigenvalue weighted by Crippen LogP contribution is 2.40. The van der Waals surface area contributed by atoms with Crippen molar-refractivity contribution in [3.8, 4) is 23.0 Å². The smallest absolute Gasteiger partial charge is 0.429 e. The molecule has 1 fully saturated rings. The first-order valence-electron chi connectivity index (χ1n) is 17.8. The summed E-state index contributed by atoms with van der Waals surface area (Å²) in [7, 11) is -4.57. The van der Waals surface area contributed by atoms with Gasteiger partial charge in [-0.15, -0.1) is 0 Å².